The average Bonchev–Trinajstić information content (AvgIpc) is 2.94. The number of benzene rings is 2. The molecule has 1 aliphatic carbocycles. The molecule has 0 saturated carbocycles. The number of anilines is 1. The number of hydrogen-bond acceptors (Lipinski definition) is 8. The van der Waals surface area contributed by atoms with E-state index in [0.29, 0.717) is 45.1 Å². The standard InChI is InChI=1S/C29H25N5O4/c1-3-37-29(36)38-34-25-15-14-22(18(2)26(25)31)27-24(9-6-16-32-27)28(35)33-21-12-10-19(11-13-21)23-8-5-4-7-20(23)17-30/h4-14,16H,3,15,31H2,1-2H3,(H,33,35). The molecule has 1 aliphatic rings. The number of ether oxygens (including phenoxy) is 1. The van der Waals surface area contributed by atoms with Crippen LogP contribution in [0.5, 0.6) is 0 Å². The van der Waals surface area contributed by atoms with Crippen LogP contribution in [-0.4, -0.2) is 29.4 Å². The number of amides is 1. The largest absolute Gasteiger partial charge is 0.535 e. The Morgan fingerprint density at radius 1 is 1.13 bits per heavy atom. The van der Waals surface area contributed by atoms with E-state index in [4.69, 9.17) is 15.3 Å². The first-order chi connectivity index (χ1) is 18.4. The molecular formula is C29H25N5O4. The number of pyridine rings is 1. The molecule has 1 heterocycles. The fraction of sp³-hybridized carbons (Fsp3) is 0.138. The summed E-state index contributed by atoms with van der Waals surface area (Å²) >= 11 is 0. The highest BCUT2D eigenvalue weighted by Crippen LogP contribution is 2.31. The van der Waals surface area contributed by atoms with Crippen molar-refractivity contribution in [3.8, 4) is 17.2 Å². The summed E-state index contributed by atoms with van der Waals surface area (Å²) in [4.78, 5) is 33.9. The molecule has 9 nitrogen and oxygen atoms in total. The van der Waals surface area contributed by atoms with E-state index < -0.39 is 6.16 Å². The molecule has 0 fully saturated rings. The molecule has 9 heteroatoms. The van der Waals surface area contributed by atoms with Crippen molar-refractivity contribution in [2.45, 2.75) is 20.3 Å². The minimum atomic E-state index is -0.911. The zero-order valence-corrected chi connectivity index (χ0v) is 20.9. The zero-order chi connectivity index (χ0) is 27.1. The molecule has 4 rings (SSSR count). The first-order valence-electron chi connectivity index (χ1n) is 11.9. The Kier molecular flexibility index (Phi) is 7.94. The summed E-state index contributed by atoms with van der Waals surface area (Å²) < 4.78 is 4.71. The van der Waals surface area contributed by atoms with Crippen LogP contribution in [0, 0.1) is 11.3 Å². The van der Waals surface area contributed by atoms with E-state index in [0.717, 1.165) is 11.1 Å². The molecule has 3 aromatic rings. The van der Waals surface area contributed by atoms with Gasteiger partial charge < -0.3 is 15.8 Å². The minimum absolute atomic E-state index is 0.169. The Hall–Kier alpha value is -5.23. The lowest BCUT2D eigenvalue weighted by atomic mass is 9.90. The van der Waals surface area contributed by atoms with Crippen molar-refractivity contribution in [3.63, 3.8) is 0 Å². The molecular weight excluding hydrogens is 482 g/mol. The van der Waals surface area contributed by atoms with Gasteiger partial charge in [0.15, 0.2) is 0 Å². The summed E-state index contributed by atoms with van der Waals surface area (Å²) in [5.41, 5.74) is 12.0. The fourth-order valence-corrected chi connectivity index (χ4v) is 3.99. The molecule has 1 aromatic heterocycles. The number of hydrogen-bond donors (Lipinski definition) is 2. The first-order valence-corrected chi connectivity index (χ1v) is 11.9. The maximum absolute atomic E-state index is 13.3. The molecule has 0 atom stereocenters. The summed E-state index contributed by atoms with van der Waals surface area (Å²) in [6, 6.07) is 20.2. The molecule has 2 aromatic carbocycles. The molecule has 0 spiro atoms. The van der Waals surface area contributed by atoms with Crippen LogP contribution in [0.4, 0.5) is 10.5 Å². The Labute approximate surface area is 219 Å². The average molecular weight is 508 g/mol. The molecule has 1 amide bonds. The lowest BCUT2D eigenvalue weighted by Crippen LogP contribution is -2.20. The molecule has 0 saturated heterocycles. The van der Waals surface area contributed by atoms with E-state index in [1.807, 2.05) is 36.4 Å². The van der Waals surface area contributed by atoms with E-state index in [1.54, 1.807) is 50.4 Å². The van der Waals surface area contributed by atoms with Gasteiger partial charge in [0.05, 0.1) is 35.2 Å². The molecule has 3 N–H and O–H groups in total. The number of nitrogens with zero attached hydrogens (tertiary/aromatic N) is 3. The number of allylic oxidation sites excluding steroid dienone is 4. The van der Waals surface area contributed by atoms with E-state index in [-0.39, 0.29) is 18.9 Å². The van der Waals surface area contributed by atoms with Crippen molar-refractivity contribution < 1.29 is 19.2 Å². The number of nitrogens with one attached hydrogen (secondary N) is 1. The predicted molar refractivity (Wildman–Crippen MR) is 144 cm³/mol. The summed E-state index contributed by atoms with van der Waals surface area (Å²) in [5.74, 6) is -0.337. The third kappa shape index (κ3) is 5.60. The SMILES string of the molecule is CCOC(=O)ON=C1CC=C(c2ncccc2C(=O)Nc2ccc(-c3ccccc3C#N)cc2)C(C)=C1N. The highest BCUT2D eigenvalue weighted by Gasteiger charge is 2.23. The summed E-state index contributed by atoms with van der Waals surface area (Å²) in [5, 5.41) is 16.1. The van der Waals surface area contributed by atoms with Gasteiger partial charge in [-0.25, -0.2) is 4.79 Å². The highest BCUT2D eigenvalue weighted by molar-refractivity contribution is 6.11. The van der Waals surface area contributed by atoms with Crippen molar-refractivity contribution in [1.82, 2.24) is 4.98 Å². The number of nitrogens with two attached hydrogens (primary N) is 1. The van der Waals surface area contributed by atoms with Crippen molar-refractivity contribution in [3.05, 3.63) is 101 Å². The van der Waals surface area contributed by atoms with Crippen LogP contribution in [-0.2, 0) is 9.57 Å². The number of carbonyl (C=O) groups excluding carboxylic acids is 2. The van der Waals surface area contributed by atoms with Crippen LogP contribution in [0.3, 0.4) is 0 Å². The van der Waals surface area contributed by atoms with Gasteiger partial charge in [-0.15, -0.1) is 0 Å². The van der Waals surface area contributed by atoms with Crippen molar-refractivity contribution in [2.75, 3.05) is 11.9 Å². The van der Waals surface area contributed by atoms with Crippen LogP contribution in [0.2, 0.25) is 0 Å². The van der Waals surface area contributed by atoms with Crippen molar-refractivity contribution >= 4 is 29.0 Å². The number of rotatable bonds is 6. The van der Waals surface area contributed by atoms with Gasteiger partial charge in [0.25, 0.3) is 5.91 Å². The zero-order valence-electron chi connectivity index (χ0n) is 20.9. The van der Waals surface area contributed by atoms with Crippen LogP contribution in [0.15, 0.2) is 89.4 Å². The van der Waals surface area contributed by atoms with Crippen LogP contribution >= 0.6 is 0 Å². The maximum Gasteiger partial charge on any atom is 0.535 e. The third-order valence-electron chi connectivity index (χ3n) is 5.92. The predicted octanol–water partition coefficient (Wildman–Crippen LogP) is 5.42. The van der Waals surface area contributed by atoms with Gasteiger partial charge in [0.1, 0.15) is 5.71 Å². The van der Waals surface area contributed by atoms with Crippen molar-refractivity contribution in [2.24, 2.45) is 10.9 Å². The third-order valence-corrected chi connectivity index (χ3v) is 5.92. The maximum atomic E-state index is 13.3. The lowest BCUT2D eigenvalue weighted by Gasteiger charge is -2.19. The number of nitriles is 1. The van der Waals surface area contributed by atoms with Crippen LogP contribution in [0.25, 0.3) is 16.7 Å². The second kappa shape index (κ2) is 11.7. The van der Waals surface area contributed by atoms with Gasteiger partial charge in [0.2, 0.25) is 0 Å². The van der Waals surface area contributed by atoms with E-state index >= 15 is 0 Å². The second-order valence-corrected chi connectivity index (χ2v) is 8.26. The quantitative estimate of drug-likeness (QED) is 0.258. The minimum Gasteiger partial charge on any atom is -0.433 e. The van der Waals surface area contributed by atoms with Gasteiger partial charge in [-0.2, -0.15) is 5.26 Å². The van der Waals surface area contributed by atoms with Gasteiger partial charge in [0, 0.05) is 23.9 Å². The number of carbonyl (C=O) groups is 2. The second-order valence-electron chi connectivity index (χ2n) is 8.26. The molecule has 38 heavy (non-hydrogen) atoms. The van der Waals surface area contributed by atoms with Gasteiger partial charge in [-0.05, 0) is 60.9 Å². The van der Waals surface area contributed by atoms with Gasteiger partial charge in [-0.1, -0.05) is 41.6 Å². The topological polar surface area (TPSA) is 140 Å². The number of aromatic nitrogens is 1. The Balaban J connectivity index is 1.54. The Morgan fingerprint density at radius 2 is 1.89 bits per heavy atom. The van der Waals surface area contributed by atoms with Gasteiger partial charge >= 0.3 is 6.16 Å². The fourth-order valence-electron chi connectivity index (χ4n) is 3.99. The monoisotopic (exact) mass is 507 g/mol. The van der Waals surface area contributed by atoms with E-state index in [9.17, 15) is 14.9 Å². The van der Waals surface area contributed by atoms with E-state index in [1.165, 1.54) is 0 Å². The Bertz CT molecular complexity index is 1510. The van der Waals surface area contributed by atoms with Crippen LogP contribution < -0.4 is 11.1 Å². The molecule has 0 bridgehead atoms. The first kappa shape index (κ1) is 25.9. The molecule has 0 radical (unpaired) electrons. The van der Waals surface area contributed by atoms with Crippen molar-refractivity contribution in [1.29, 1.82) is 5.26 Å². The van der Waals surface area contributed by atoms with Crippen LogP contribution in [0.1, 0.15) is 41.9 Å². The summed E-state index contributed by atoms with van der Waals surface area (Å²) in [6.45, 7) is 3.62. The molecule has 190 valence electrons. The molecule has 0 aliphatic heterocycles. The summed E-state index contributed by atoms with van der Waals surface area (Å²) in [6.07, 6.45) is 2.80. The lowest BCUT2D eigenvalue weighted by molar-refractivity contribution is 0.0612. The number of oxime groups is 1. The van der Waals surface area contributed by atoms with E-state index in [2.05, 4.69) is 21.5 Å². The smallest absolute Gasteiger partial charge is 0.433 e. The summed E-state index contributed by atoms with van der Waals surface area (Å²) in [7, 11) is 0. The Morgan fingerprint density at radius 3 is 2.63 bits per heavy atom. The normalized spacial score (nSPS) is 13.9. The molecule has 0 unspecified atom stereocenters. The van der Waals surface area contributed by atoms with Gasteiger partial charge in [-0.3, -0.25) is 14.6 Å². The highest BCUT2D eigenvalue weighted by atomic mass is 16.8.